The molecule has 0 radical (unpaired) electrons. The van der Waals surface area contributed by atoms with Crippen molar-refractivity contribution in [3.05, 3.63) is 63.9 Å². The number of benzene rings is 1. The maximum Gasteiger partial charge on any atom is 0.164 e. The van der Waals surface area contributed by atoms with Gasteiger partial charge in [0, 0.05) is 11.8 Å². The van der Waals surface area contributed by atoms with E-state index in [1.54, 1.807) is 12.1 Å². The third-order valence-corrected chi connectivity index (χ3v) is 3.16. The molecule has 3 nitrogen and oxygen atoms in total. The maximum atomic E-state index is 14.0. The number of halogens is 3. The molecular weight excluding hydrogens is 272 g/mol. The van der Waals surface area contributed by atoms with Crippen LogP contribution in [0.5, 0.6) is 0 Å². The standard InChI is InChI=1S/C13H12ClF2N3/c1-7-4-5-8(11(16)10(7)15)12(19-17)13-9(14)3-2-6-18-13/h2-6,12,19H,17H2,1H3. The molecule has 0 aliphatic carbocycles. The van der Waals surface area contributed by atoms with Crippen LogP contribution < -0.4 is 11.3 Å². The number of hydrazine groups is 1. The Hall–Kier alpha value is -1.56. The zero-order chi connectivity index (χ0) is 14.0. The molecule has 1 heterocycles. The van der Waals surface area contributed by atoms with Gasteiger partial charge >= 0.3 is 0 Å². The molecule has 0 amide bonds. The molecule has 3 N–H and O–H groups in total. The van der Waals surface area contributed by atoms with Gasteiger partial charge < -0.3 is 0 Å². The quantitative estimate of drug-likeness (QED) is 0.673. The predicted molar refractivity (Wildman–Crippen MR) is 69.5 cm³/mol. The van der Waals surface area contributed by atoms with Gasteiger partial charge in [0.25, 0.3) is 0 Å². The highest BCUT2D eigenvalue weighted by atomic mass is 35.5. The smallest absolute Gasteiger partial charge is 0.164 e. The SMILES string of the molecule is Cc1ccc(C(NN)c2ncccc2Cl)c(F)c1F. The number of aryl methyl sites for hydroxylation is 1. The number of hydrogen-bond acceptors (Lipinski definition) is 3. The second-order valence-corrected chi connectivity index (χ2v) is 4.48. The second kappa shape index (κ2) is 5.61. The lowest BCUT2D eigenvalue weighted by Gasteiger charge is -2.18. The second-order valence-electron chi connectivity index (χ2n) is 4.07. The number of hydrogen-bond donors (Lipinski definition) is 2. The summed E-state index contributed by atoms with van der Waals surface area (Å²) < 4.78 is 27.6. The van der Waals surface area contributed by atoms with E-state index in [0.717, 1.165) is 0 Å². The Bertz CT molecular complexity index is 604. The maximum absolute atomic E-state index is 14.0. The first kappa shape index (κ1) is 13.9. The van der Waals surface area contributed by atoms with Crippen molar-refractivity contribution in [1.29, 1.82) is 0 Å². The molecule has 1 unspecified atom stereocenters. The van der Waals surface area contributed by atoms with E-state index in [-0.39, 0.29) is 11.1 Å². The fraction of sp³-hybridized carbons (Fsp3) is 0.154. The zero-order valence-electron chi connectivity index (χ0n) is 10.1. The van der Waals surface area contributed by atoms with Gasteiger partial charge in [0.1, 0.15) is 0 Å². The molecule has 2 aromatic rings. The van der Waals surface area contributed by atoms with E-state index in [9.17, 15) is 8.78 Å². The first-order chi connectivity index (χ1) is 9.06. The zero-order valence-corrected chi connectivity index (χ0v) is 10.9. The molecular formula is C13H12ClF2N3. The van der Waals surface area contributed by atoms with Crippen LogP contribution in [0.1, 0.15) is 22.9 Å². The molecule has 0 spiro atoms. The van der Waals surface area contributed by atoms with Gasteiger partial charge in [-0.3, -0.25) is 10.8 Å². The molecule has 0 saturated heterocycles. The van der Waals surface area contributed by atoms with Crippen molar-refractivity contribution in [1.82, 2.24) is 10.4 Å². The van der Waals surface area contributed by atoms with Gasteiger partial charge in [-0.15, -0.1) is 0 Å². The average molecular weight is 284 g/mol. The molecule has 1 atom stereocenters. The Labute approximate surface area is 114 Å². The molecule has 0 saturated carbocycles. The Kier molecular flexibility index (Phi) is 4.09. The van der Waals surface area contributed by atoms with Crippen molar-refractivity contribution >= 4 is 11.6 Å². The van der Waals surface area contributed by atoms with Crippen molar-refractivity contribution in [3.8, 4) is 0 Å². The van der Waals surface area contributed by atoms with Crippen LogP contribution in [0.15, 0.2) is 30.5 Å². The molecule has 2 rings (SSSR count). The molecule has 1 aromatic carbocycles. The van der Waals surface area contributed by atoms with Gasteiger partial charge in [-0.1, -0.05) is 23.7 Å². The highest BCUT2D eigenvalue weighted by molar-refractivity contribution is 6.31. The number of pyridine rings is 1. The normalized spacial score (nSPS) is 12.5. The van der Waals surface area contributed by atoms with Crippen LogP contribution in [0.4, 0.5) is 8.78 Å². The third-order valence-electron chi connectivity index (χ3n) is 2.84. The summed E-state index contributed by atoms with van der Waals surface area (Å²) in [5, 5.41) is 0.325. The van der Waals surface area contributed by atoms with Crippen LogP contribution in [-0.2, 0) is 0 Å². The van der Waals surface area contributed by atoms with Gasteiger partial charge in [-0.05, 0) is 24.6 Å². The topological polar surface area (TPSA) is 50.9 Å². The Balaban J connectivity index is 2.55. The number of rotatable bonds is 3. The van der Waals surface area contributed by atoms with Crippen LogP contribution in [-0.4, -0.2) is 4.98 Å². The van der Waals surface area contributed by atoms with Gasteiger partial charge in [-0.2, -0.15) is 0 Å². The fourth-order valence-electron chi connectivity index (χ4n) is 1.81. The summed E-state index contributed by atoms with van der Waals surface area (Å²) in [6.07, 6.45) is 1.51. The Morgan fingerprint density at radius 3 is 2.63 bits per heavy atom. The molecule has 19 heavy (non-hydrogen) atoms. The van der Waals surface area contributed by atoms with Gasteiger partial charge in [0.15, 0.2) is 11.6 Å². The Morgan fingerprint density at radius 2 is 2.00 bits per heavy atom. The van der Waals surface area contributed by atoms with Crippen molar-refractivity contribution < 1.29 is 8.78 Å². The minimum absolute atomic E-state index is 0.0613. The van der Waals surface area contributed by atoms with E-state index in [0.29, 0.717) is 10.7 Å². The summed E-state index contributed by atoms with van der Waals surface area (Å²) >= 11 is 6.00. The third kappa shape index (κ3) is 2.58. The van der Waals surface area contributed by atoms with Crippen molar-refractivity contribution in [2.45, 2.75) is 13.0 Å². The first-order valence-electron chi connectivity index (χ1n) is 5.57. The average Bonchev–Trinajstić information content (AvgIpc) is 2.41. The van der Waals surface area contributed by atoms with Gasteiger partial charge in [0.2, 0.25) is 0 Å². The summed E-state index contributed by atoms with van der Waals surface area (Å²) in [5.74, 6) is 3.57. The monoisotopic (exact) mass is 283 g/mol. The summed E-state index contributed by atoms with van der Waals surface area (Å²) in [6.45, 7) is 1.49. The molecule has 0 fully saturated rings. The predicted octanol–water partition coefficient (Wildman–Crippen LogP) is 2.87. The molecule has 0 aliphatic rings. The van der Waals surface area contributed by atoms with Crippen molar-refractivity contribution in [2.24, 2.45) is 5.84 Å². The summed E-state index contributed by atoms with van der Waals surface area (Å²) in [6, 6.07) is 5.38. The summed E-state index contributed by atoms with van der Waals surface area (Å²) in [7, 11) is 0. The van der Waals surface area contributed by atoms with E-state index < -0.39 is 17.7 Å². The highest BCUT2D eigenvalue weighted by Crippen LogP contribution is 2.29. The van der Waals surface area contributed by atoms with Crippen molar-refractivity contribution in [3.63, 3.8) is 0 Å². The lowest BCUT2D eigenvalue weighted by atomic mass is 10.0. The molecule has 1 aromatic heterocycles. The van der Waals surface area contributed by atoms with Gasteiger partial charge in [-0.25, -0.2) is 14.2 Å². The lowest BCUT2D eigenvalue weighted by molar-refractivity contribution is 0.476. The molecule has 100 valence electrons. The minimum atomic E-state index is -0.954. The largest absolute Gasteiger partial charge is 0.271 e. The molecule has 0 aliphatic heterocycles. The van der Waals surface area contributed by atoms with E-state index in [4.69, 9.17) is 17.4 Å². The van der Waals surface area contributed by atoms with Crippen molar-refractivity contribution in [2.75, 3.05) is 0 Å². The van der Waals surface area contributed by atoms with Crippen LogP contribution in [0.3, 0.4) is 0 Å². The first-order valence-corrected chi connectivity index (χ1v) is 5.95. The minimum Gasteiger partial charge on any atom is -0.271 e. The van der Waals surface area contributed by atoms with Crippen LogP contribution >= 0.6 is 11.6 Å². The number of nitrogens with zero attached hydrogens (tertiary/aromatic N) is 1. The summed E-state index contributed by atoms with van der Waals surface area (Å²) in [4.78, 5) is 4.06. The van der Waals surface area contributed by atoms with Crippen LogP contribution in [0, 0.1) is 18.6 Å². The van der Waals surface area contributed by atoms with Gasteiger partial charge in [0.05, 0.1) is 16.8 Å². The van der Waals surface area contributed by atoms with Crippen LogP contribution in [0.2, 0.25) is 5.02 Å². The molecule has 6 heteroatoms. The van der Waals surface area contributed by atoms with E-state index in [1.807, 2.05) is 0 Å². The number of nitrogens with one attached hydrogen (secondary N) is 1. The number of aromatic nitrogens is 1. The number of nitrogens with two attached hydrogens (primary N) is 1. The molecule has 0 bridgehead atoms. The fourth-order valence-corrected chi connectivity index (χ4v) is 2.04. The van der Waals surface area contributed by atoms with E-state index in [1.165, 1.54) is 25.3 Å². The van der Waals surface area contributed by atoms with E-state index >= 15 is 0 Å². The summed E-state index contributed by atoms with van der Waals surface area (Å²) in [5.41, 5.74) is 3.04. The Morgan fingerprint density at radius 1 is 1.26 bits per heavy atom. The lowest BCUT2D eigenvalue weighted by Crippen LogP contribution is -2.30. The van der Waals surface area contributed by atoms with Crippen LogP contribution in [0.25, 0.3) is 0 Å². The highest BCUT2D eigenvalue weighted by Gasteiger charge is 2.23. The van der Waals surface area contributed by atoms with E-state index in [2.05, 4.69) is 10.4 Å².